The van der Waals surface area contributed by atoms with E-state index in [-0.39, 0.29) is 12.0 Å². The van der Waals surface area contributed by atoms with E-state index >= 15 is 0 Å². The molecule has 1 aliphatic heterocycles. The van der Waals surface area contributed by atoms with Crippen LogP contribution in [-0.2, 0) is 9.53 Å². The van der Waals surface area contributed by atoms with Gasteiger partial charge in [-0.3, -0.25) is 4.79 Å². The molecule has 1 fully saturated rings. The Kier molecular flexibility index (Phi) is 6.76. The van der Waals surface area contributed by atoms with Crippen LogP contribution in [-0.4, -0.2) is 75.8 Å². The van der Waals surface area contributed by atoms with Crippen molar-refractivity contribution in [1.29, 1.82) is 0 Å². The number of hydrogen-bond acceptors (Lipinski definition) is 8. The Labute approximate surface area is 154 Å². The maximum Gasteiger partial charge on any atom is 0.410 e. The van der Waals surface area contributed by atoms with Crippen LogP contribution in [0.5, 0.6) is 0 Å². The van der Waals surface area contributed by atoms with Gasteiger partial charge in [-0.25, -0.2) is 4.79 Å². The molecule has 2 rings (SSSR count). The fourth-order valence-electron chi connectivity index (χ4n) is 2.02. The molecule has 0 radical (unpaired) electrons. The van der Waals surface area contributed by atoms with Crippen LogP contribution in [0.4, 0.5) is 4.79 Å². The monoisotopic (exact) mass is 390 g/mol. The summed E-state index contributed by atoms with van der Waals surface area (Å²) in [4.78, 5) is 27.7. The highest BCUT2D eigenvalue weighted by molar-refractivity contribution is 8.03. The van der Waals surface area contributed by atoms with Crippen LogP contribution in [0.3, 0.4) is 0 Å². The molecule has 1 aromatic rings. The van der Waals surface area contributed by atoms with Gasteiger partial charge in [0.05, 0.1) is 5.75 Å². The Morgan fingerprint density at radius 2 is 1.71 bits per heavy atom. The topological polar surface area (TPSA) is 75.6 Å². The summed E-state index contributed by atoms with van der Waals surface area (Å²) in [6, 6.07) is 0. The van der Waals surface area contributed by atoms with E-state index in [9.17, 15) is 9.59 Å². The summed E-state index contributed by atoms with van der Waals surface area (Å²) in [7, 11) is 0. The van der Waals surface area contributed by atoms with Crippen LogP contribution >= 0.6 is 34.9 Å². The van der Waals surface area contributed by atoms with Gasteiger partial charge in [0.25, 0.3) is 0 Å². The number of ether oxygens (including phenoxy) is 1. The van der Waals surface area contributed by atoms with Gasteiger partial charge in [0.1, 0.15) is 5.60 Å². The first-order chi connectivity index (χ1) is 11.3. The second-order valence-electron chi connectivity index (χ2n) is 6.17. The lowest BCUT2D eigenvalue weighted by Gasteiger charge is -2.35. The molecule has 0 aromatic carbocycles. The van der Waals surface area contributed by atoms with Crippen LogP contribution in [0, 0.1) is 0 Å². The summed E-state index contributed by atoms with van der Waals surface area (Å²) in [5.74, 6) is 0.403. The van der Waals surface area contributed by atoms with Crippen LogP contribution in [0.1, 0.15) is 20.8 Å². The number of thioether (sulfide) groups is 2. The van der Waals surface area contributed by atoms with Gasteiger partial charge >= 0.3 is 6.09 Å². The van der Waals surface area contributed by atoms with Gasteiger partial charge in [0.2, 0.25) is 5.91 Å². The third-order valence-electron chi connectivity index (χ3n) is 3.17. The number of aromatic nitrogens is 2. The van der Waals surface area contributed by atoms with Gasteiger partial charge in [-0.05, 0) is 27.0 Å². The van der Waals surface area contributed by atoms with E-state index in [2.05, 4.69) is 10.2 Å². The van der Waals surface area contributed by atoms with Crippen molar-refractivity contribution in [1.82, 2.24) is 20.0 Å². The van der Waals surface area contributed by atoms with Crippen molar-refractivity contribution in [3.63, 3.8) is 0 Å². The Morgan fingerprint density at radius 1 is 1.12 bits per heavy atom. The summed E-state index contributed by atoms with van der Waals surface area (Å²) in [6.45, 7) is 7.60. The quantitative estimate of drug-likeness (QED) is 0.731. The molecule has 134 valence electrons. The van der Waals surface area contributed by atoms with Crippen molar-refractivity contribution < 1.29 is 14.3 Å². The lowest BCUT2D eigenvalue weighted by molar-refractivity contribution is -0.130. The molecule has 0 unspecified atom stereocenters. The van der Waals surface area contributed by atoms with Crippen LogP contribution in [0.25, 0.3) is 0 Å². The second kappa shape index (κ2) is 8.39. The average Bonchev–Trinajstić information content (AvgIpc) is 2.99. The number of piperazine rings is 1. The van der Waals surface area contributed by atoms with Gasteiger partial charge < -0.3 is 14.5 Å². The number of hydrogen-bond donors (Lipinski definition) is 0. The second-order valence-corrected chi connectivity index (χ2v) is 9.43. The fraction of sp³-hybridized carbons (Fsp3) is 0.714. The standard InChI is InChI=1S/C14H22N4O3S3/c1-14(2,3)21-13(20)18-7-5-17(6-8-18)10(19)9-23-12-16-15-11(22-4)24-12/h5-9H2,1-4H3. The third-order valence-corrected chi connectivity index (χ3v) is 6.18. The van der Waals surface area contributed by atoms with Gasteiger partial charge in [0.15, 0.2) is 8.68 Å². The Balaban J connectivity index is 1.75. The minimum absolute atomic E-state index is 0.0599. The number of carbonyl (C=O) groups excluding carboxylic acids is 2. The molecule has 0 spiro atoms. The van der Waals surface area contributed by atoms with Crippen molar-refractivity contribution in [2.75, 3.05) is 38.2 Å². The summed E-state index contributed by atoms with van der Waals surface area (Å²) >= 11 is 4.45. The average molecular weight is 391 g/mol. The van der Waals surface area contributed by atoms with Crippen LogP contribution in [0.2, 0.25) is 0 Å². The minimum Gasteiger partial charge on any atom is -0.444 e. The number of amides is 2. The molecule has 0 atom stereocenters. The van der Waals surface area contributed by atoms with E-state index in [0.29, 0.717) is 31.9 Å². The zero-order valence-electron chi connectivity index (χ0n) is 14.3. The number of rotatable bonds is 4. The molecule has 0 N–H and O–H groups in total. The van der Waals surface area contributed by atoms with E-state index < -0.39 is 5.60 Å². The molecule has 0 aliphatic carbocycles. The summed E-state index contributed by atoms with van der Waals surface area (Å²) in [6.07, 6.45) is 1.63. The normalized spacial score (nSPS) is 15.5. The number of carbonyl (C=O) groups is 2. The van der Waals surface area contributed by atoms with E-state index in [1.807, 2.05) is 27.0 Å². The lowest BCUT2D eigenvalue weighted by Crippen LogP contribution is -2.52. The largest absolute Gasteiger partial charge is 0.444 e. The molecule has 2 amide bonds. The van der Waals surface area contributed by atoms with Gasteiger partial charge in [-0.1, -0.05) is 34.9 Å². The first-order valence-corrected chi connectivity index (χ1v) is 10.6. The molecular formula is C14H22N4O3S3. The summed E-state index contributed by atoms with van der Waals surface area (Å²) < 4.78 is 7.06. The lowest BCUT2D eigenvalue weighted by atomic mass is 10.2. The molecule has 24 heavy (non-hydrogen) atoms. The van der Waals surface area contributed by atoms with E-state index in [0.717, 1.165) is 8.68 Å². The Hall–Kier alpha value is -1.00. The predicted molar refractivity (Wildman–Crippen MR) is 96.8 cm³/mol. The molecule has 1 aliphatic rings. The van der Waals surface area contributed by atoms with Crippen molar-refractivity contribution in [3.8, 4) is 0 Å². The first kappa shape index (κ1) is 19.3. The molecule has 10 heteroatoms. The van der Waals surface area contributed by atoms with Gasteiger partial charge in [-0.15, -0.1) is 10.2 Å². The smallest absolute Gasteiger partial charge is 0.410 e. The molecule has 2 heterocycles. The van der Waals surface area contributed by atoms with E-state index in [1.54, 1.807) is 21.6 Å². The van der Waals surface area contributed by atoms with Crippen LogP contribution in [0.15, 0.2) is 8.68 Å². The first-order valence-electron chi connectivity index (χ1n) is 7.54. The molecule has 7 nitrogen and oxygen atoms in total. The van der Waals surface area contributed by atoms with Crippen molar-refractivity contribution in [2.45, 2.75) is 35.1 Å². The van der Waals surface area contributed by atoms with Crippen LogP contribution < -0.4 is 0 Å². The molecule has 0 saturated carbocycles. The maximum atomic E-state index is 12.3. The SMILES string of the molecule is CSc1nnc(SCC(=O)N2CCN(C(=O)OC(C)(C)C)CC2)s1. The highest BCUT2D eigenvalue weighted by Crippen LogP contribution is 2.27. The third kappa shape index (κ3) is 5.82. The Bertz CT molecular complexity index is 580. The Morgan fingerprint density at radius 3 is 2.25 bits per heavy atom. The van der Waals surface area contributed by atoms with E-state index in [1.165, 1.54) is 23.1 Å². The van der Waals surface area contributed by atoms with Crippen molar-refractivity contribution >= 4 is 46.9 Å². The predicted octanol–water partition coefficient (Wildman–Crippen LogP) is 2.43. The van der Waals surface area contributed by atoms with Gasteiger partial charge in [0, 0.05) is 26.2 Å². The fourth-order valence-corrected chi connectivity index (χ4v) is 4.36. The molecule has 1 aromatic heterocycles. The van der Waals surface area contributed by atoms with Crippen molar-refractivity contribution in [3.05, 3.63) is 0 Å². The van der Waals surface area contributed by atoms with Crippen molar-refractivity contribution in [2.24, 2.45) is 0 Å². The molecular weight excluding hydrogens is 368 g/mol. The zero-order valence-corrected chi connectivity index (χ0v) is 16.7. The molecule has 0 bridgehead atoms. The highest BCUT2D eigenvalue weighted by atomic mass is 32.2. The molecule has 1 saturated heterocycles. The zero-order chi connectivity index (χ0) is 17.7. The maximum absolute atomic E-state index is 12.3. The number of nitrogens with zero attached hydrogens (tertiary/aromatic N) is 4. The summed E-state index contributed by atoms with van der Waals surface area (Å²) in [5, 5.41) is 8.06. The summed E-state index contributed by atoms with van der Waals surface area (Å²) in [5.41, 5.74) is -0.502. The van der Waals surface area contributed by atoms with E-state index in [4.69, 9.17) is 4.74 Å². The van der Waals surface area contributed by atoms with Gasteiger partial charge in [-0.2, -0.15) is 0 Å². The minimum atomic E-state index is -0.502. The highest BCUT2D eigenvalue weighted by Gasteiger charge is 2.27.